The number of aliphatic hydroxyl groups excluding tert-OH is 1. The summed E-state index contributed by atoms with van der Waals surface area (Å²) >= 11 is 0. The summed E-state index contributed by atoms with van der Waals surface area (Å²) in [6.45, 7) is 3.31. The topological polar surface area (TPSA) is 78.8 Å². The van der Waals surface area contributed by atoms with Crippen molar-refractivity contribution in [2.45, 2.75) is 31.6 Å². The molecule has 0 bridgehead atoms. The van der Waals surface area contributed by atoms with Gasteiger partial charge >= 0.3 is 0 Å². The summed E-state index contributed by atoms with van der Waals surface area (Å²) in [6, 6.07) is -0.404. The van der Waals surface area contributed by atoms with Crippen LogP contribution in [0.3, 0.4) is 0 Å². The molecule has 1 amide bonds. The first-order valence-corrected chi connectivity index (χ1v) is 4.20. The van der Waals surface area contributed by atoms with E-state index in [4.69, 9.17) is 4.74 Å². The van der Waals surface area contributed by atoms with E-state index >= 15 is 0 Å². The van der Waals surface area contributed by atoms with Crippen molar-refractivity contribution in [3.05, 3.63) is 0 Å². The largest absolute Gasteiger partial charge is 0.388 e. The molecule has 0 aromatic carbocycles. The molecule has 0 unspecified atom stereocenters. The maximum Gasteiger partial charge on any atom is 0.251 e. The molecule has 0 saturated carbocycles. The van der Waals surface area contributed by atoms with Gasteiger partial charge in [-0.15, -0.1) is 0 Å². The van der Waals surface area contributed by atoms with Crippen molar-refractivity contribution >= 4 is 5.91 Å². The quantitative estimate of drug-likeness (QED) is 0.501. The Balaban J connectivity index is 2.45. The van der Waals surface area contributed by atoms with E-state index in [1.54, 1.807) is 0 Å². The number of amides is 1. The summed E-state index contributed by atoms with van der Waals surface area (Å²) in [5.41, 5.74) is -1.41. The van der Waals surface area contributed by atoms with Crippen molar-refractivity contribution in [1.82, 2.24) is 5.32 Å². The molecule has 1 aliphatic rings. The minimum Gasteiger partial charge on any atom is -0.388 e. The molecule has 0 radical (unpaired) electrons. The second-order valence-corrected chi connectivity index (χ2v) is 3.74. The van der Waals surface area contributed by atoms with Gasteiger partial charge in [0, 0.05) is 0 Å². The molecule has 1 aliphatic heterocycles. The second kappa shape index (κ2) is 3.61. The van der Waals surface area contributed by atoms with Crippen LogP contribution in [-0.4, -0.2) is 47.1 Å². The molecule has 0 aromatic rings. The Labute approximate surface area is 76.7 Å². The molecule has 1 rings (SSSR count). The predicted octanol–water partition coefficient (Wildman–Crippen LogP) is -1.37. The SMILES string of the molecule is CC(C)(O)C(=O)N[C@@H]1COC[C@H]1O. The lowest BCUT2D eigenvalue weighted by molar-refractivity contribution is -0.137. The van der Waals surface area contributed by atoms with E-state index in [-0.39, 0.29) is 6.61 Å². The van der Waals surface area contributed by atoms with E-state index in [0.29, 0.717) is 6.61 Å². The molecular formula is C8H15NO4. The van der Waals surface area contributed by atoms with Gasteiger partial charge in [-0.25, -0.2) is 0 Å². The van der Waals surface area contributed by atoms with Gasteiger partial charge in [0.05, 0.1) is 25.4 Å². The van der Waals surface area contributed by atoms with E-state index < -0.39 is 23.7 Å². The lowest BCUT2D eigenvalue weighted by Gasteiger charge is -2.21. The highest BCUT2D eigenvalue weighted by molar-refractivity contribution is 5.84. The molecule has 1 fully saturated rings. The van der Waals surface area contributed by atoms with Crippen molar-refractivity contribution in [3.8, 4) is 0 Å². The molecule has 5 heteroatoms. The van der Waals surface area contributed by atoms with Gasteiger partial charge < -0.3 is 20.3 Å². The van der Waals surface area contributed by atoms with Crippen molar-refractivity contribution < 1.29 is 19.7 Å². The third-order valence-electron chi connectivity index (χ3n) is 1.92. The number of carbonyl (C=O) groups excluding carboxylic acids is 1. The van der Waals surface area contributed by atoms with Gasteiger partial charge in [-0.3, -0.25) is 4.79 Å². The van der Waals surface area contributed by atoms with Crippen LogP contribution in [0.2, 0.25) is 0 Å². The maximum absolute atomic E-state index is 11.2. The molecule has 0 aliphatic carbocycles. The highest BCUT2D eigenvalue weighted by Crippen LogP contribution is 2.07. The minimum atomic E-state index is -1.41. The Kier molecular flexibility index (Phi) is 2.90. The van der Waals surface area contributed by atoms with E-state index in [1.807, 2.05) is 0 Å². The molecule has 0 spiro atoms. The normalized spacial score (nSPS) is 28.9. The van der Waals surface area contributed by atoms with E-state index in [9.17, 15) is 15.0 Å². The first kappa shape index (κ1) is 10.4. The molecule has 13 heavy (non-hydrogen) atoms. The number of ether oxygens (including phenoxy) is 1. The number of aliphatic hydroxyl groups is 2. The van der Waals surface area contributed by atoms with Gasteiger partial charge in [0.2, 0.25) is 0 Å². The Morgan fingerprint density at radius 2 is 2.15 bits per heavy atom. The van der Waals surface area contributed by atoms with Crippen molar-refractivity contribution in [2.24, 2.45) is 0 Å². The van der Waals surface area contributed by atoms with Crippen LogP contribution in [0.15, 0.2) is 0 Å². The van der Waals surface area contributed by atoms with Gasteiger partial charge in [0.1, 0.15) is 5.60 Å². The molecule has 3 N–H and O–H groups in total. The molecule has 5 nitrogen and oxygen atoms in total. The molecule has 76 valence electrons. The predicted molar refractivity (Wildman–Crippen MR) is 45.1 cm³/mol. The van der Waals surface area contributed by atoms with Gasteiger partial charge in [-0.1, -0.05) is 0 Å². The van der Waals surface area contributed by atoms with Gasteiger partial charge in [-0.05, 0) is 13.8 Å². The van der Waals surface area contributed by atoms with Gasteiger partial charge in [0.25, 0.3) is 5.91 Å². The van der Waals surface area contributed by atoms with Crippen LogP contribution in [0.25, 0.3) is 0 Å². The average molecular weight is 189 g/mol. The number of hydrogen-bond donors (Lipinski definition) is 3. The zero-order valence-corrected chi connectivity index (χ0v) is 7.78. The highest BCUT2D eigenvalue weighted by Gasteiger charge is 2.32. The number of carbonyl (C=O) groups is 1. The summed E-state index contributed by atoms with van der Waals surface area (Å²) in [5, 5.41) is 21.1. The van der Waals surface area contributed by atoms with E-state index in [2.05, 4.69) is 5.32 Å². The van der Waals surface area contributed by atoms with Crippen molar-refractivity contribution in [2.75, 3.05) is 13.2 Å². The van der Waals surface area contributed by atoms with Crippen LogP contribution in [0.1, 0.15) is 13.8 Å². The minimum absolute atomic E-state index is 0.233. The number of hydrogen-bond acceptors (Lipinski definition) is 4. The monoisotopic (exact) mass is 189 g/mol. The van der Waals surface area contributed by atoms with Gasteiger partial charge in [0.15, 0.2) is 0 Å². The van der Waals surface area contributed by atoms with Crippen LogP contribution in [0.5, 0.6) is 0 Å². The summed E-state index contributed by atoms with van der Waals surface area (Å²) in [7, 11) is 0. The average Bonchev–Trinajstić information content (AvgIpc) is 2.34. The highest BCUT2D eigenvalue weighted by atomic mass is 16.5. The van der Waals surface area contributed by atoms with Gasteiger partial charge in [-0.2, -0.15) is 0 Å². The van der Waals surface area contributed by atoms with E-state index in [0.717, 1.165) is 0 Å². The Morgan fingerprint density at radius 3 is 2.54 bits per heavy atom. The zero-order chi connectivity index (χ0) is 10.1. The number of nitrogens with one attached hydrogen (secondary N) is 1. The first-order valence-electron chi connectivity index (χ1n) is 4.20. The second-order valence-electron chi connectivity index (χ2n) is 3.74. The molecule has 2 atom stereocenters. The first-order chi connectivity index (χ1) is 5.91. The summed E-state index contributed by atoms with van der Waals surface area (Å²) in [6.07, 6.45) is -0.675. The Hall–Kier alpha value is -0.650. The van der Waals surface area contributed by atoms with Crippen LogP contribution >= 0.6 is 0 Å². The maximum atomic E-state index is 11.2. The van der Waals surface area contributed by atoms with Crippen LogP contribution < -0.4 is 5.32 Å². The summed E-state index contributed by atoms with van der Waals surface area (Å²) in [5.74, 6) is -0.498. The third kappa shape index (κ3) is 2.65. The number of rotatable bonds is 2. The fourth-order valence-corrected chi connectivity index (χ4v) is 1.03. The van der Waals surface area contributed by atoms with Crippen LogP contribution in [0, 0.1) is 0 Å². The Morgan fingerprint density at radius 1 is 1.54 bits per heavy atom. The standard InChI is InChI=1S/C8H15NO4/c1-8(2,12)7(11)9-5-3-13-4-6(5)10/h5-6,10,12H,3-4H2,1-2H3,(H,9,11)/t5-,6-/m1/s1. The summed E-state index contributed by atoms with van der Waals surface area (Å²) in [4.78, 5) is 11.2. The zero-order valence-electron chi connectivity index (χ0n) is 7.78. The van der Waals surface area contributed by atoms with Crippen molar-refractivity contribution in [3.63, 3.8) is 0 Å². The lowest BCUT2D eigenvalue weighted by Crippen LogP contribution is -2.50. The third-order valence-corrected chi connectivity index (χ3v) is 1.92. The van der Waals surface area contributed by atoms with E-state index in [1.165, 1.54) is 13.8 Å². The summed E-state index contributed by atoms with van der Waals surface area (Å²) < 4.78 is 4.94. The molecular weight excluding hydrogens is 174 g/mol. The molecule has 0 aromatic heterocycles. The lowest BCUT2D eigenvalue weighted by atomic mass is 10.1. The molecule has 1 heterocycles. The Bertz CT molecular complexity index is 199. The van der Waals surface area contributed by atoms with Crippen LogP contribution in [0.4, 0.5) is 0 Å². The van der Waals surface area contributed by atoms with Crippen molar-refractivity contribution in [1.29, 1.82) is 0 Å². The fourth-order valence-electron chi connectivity index (χ4n) is 1.03. The van der Waals surface area contributed by atoms with Crippen LogP contribution in [-0.2, 0) is 9.53 Å². The fraction of sp³-hybridized carbons (Fsp3) is 0.875. The smallest absolute Gasteiger partial charge is 0.251 e. The molecule has 1 saturated heterocycles.